The maximum atomic E-state index is 13.9. The molecule has 2 aromatic rings. The quantitative estimate of drug-likeness (QED) is 0.0483. The van der Waals surface area contributed by atoms with Crippen LogP contribution in [0.3, 0.4) is 0 Å². The Balaban J connectivity index is 2.32. The fourth-order valence-electron chi connectivity index (χ4n) is 5.42. The molecule has 14 N–H and O–H groups in total. The first-order valence-corrected chi connectivity index (χ1v) is 18.2. The number of primary amides is 1. The van der Waals surface area contributed by atoms with Gasteiger partial charge in [0.25, 0.3) is 0 Å². The number of hydrogen-bond donors (Lipinski definition) is 12. The number of hydrogen-bond acceptors (Lipinski definition) is 12. The molecule has 57 heavy (non-hydrogen) atoms. The lowest BCUT2D eigenvalue weighted by molar-refractivity contribution is -0.143. The normalized spacial score (nSPS) is 14.8. The topological polar surface area (TPSA) is 350 Å². The number of rotatable bonds is 24. The molecule has 21 heteroatoms. The van der Waals surface area contributed by atoms with Gasteiger partial charge in [0.05, 0.1) is 32.0 Å². The number of nitrogens with zero attached hydrogens (tertiary/aromatic N) is 1. The summed E-state index contributed by atoms with van der Waals surface area (Å²) in [5.41, 5.74) is 12.0. The highest BCUT2D eigenvalue weighted by Gasteiger charge is 2.35. The summed E-state index contributed by atoms with van der Waals surface area (Å²) < 4.78 is 0. The molecule has 0 aliphatic carbocycles. The Labute approximate surface area is 328 Å². The van der Waals surface area contributed by atoms with Gasteiger partial charge < -0.3 is 63.7 Å². The number of amides is 7. The van der Waals surface area contributed by atoms with Gasteiger partial charge in [-0.1, -0.05) is 58.0 Å². The molecule has 1 aromatic heterocycles. The third-order valence-electron chi connectivity index (χ3n) is 8.49. The monoisotopic (exact) mass is 802 g/mol. The van der Waals surface area contributed by atoms with E-state index in [2.05, 4.69) is 36.6 Å². The Morgan fingerprint density at radius 1 is 0.684 bits per heavy atom. The van der Waals surface area contributed by atoms with Gasteiger partial charge in [0, 0.05) is 24.7 Å². The van der Waals surface area contributed by atoms with Crippen LogP contribution in [0.15, 0.2) is 42.9 Å². The summed E-state index contributed by atoms with van der Waals surface area (Å²) >= 11 is 0. The van der Waals surface area contributed by atoms with Crippen LogP contribution >= 0.6 is 0 Å². The van der Waals surface area contributed by atoms with E-state index >= 15 is 0 Å². The zero-order valence-corrected chi connectivity index (χ0v) is 32.2. The van der Waals surface area contributed by atoms with Crippen LogP contribution in [0.25, 0.3) is 0 Å². The van der Waals surface area contributed by atoms with Crippen LogP contribution in [0.1, 0.15) is 51.8 Å². The van der Waals surface area contributed by atoms with Crippen molar-refractivity contribution in [2.75, 3.05) is 13.2 Å². The first-order valence-electron chi connectivity index (χ1n) is 18.2. The van der Waals surface area contributed by atoms with Crippen molar-refractivity contribution < 1.29 is 53.7 Å². The lowest BCUT2D eigenvalue weighted by atomic mass is 9.98. The van der Waals surface area contributed by atoms with E-state index in [1.807, 2.05) is 5.32 Å². The van der Waals surface area contributed by atoms with Crippen LogP contribution in [0.2, 0.25) is 0 Å². The number of carboxylic acids is 1. The van der Waals surface area contributed by atoms with Crippen molar-refractivity contribution in [3.05, 3.63) is 54.1 Å². The summed E-state index contributed by atoms with van der Waals surface area (Å²) in [4.78, 5) is 110. The summed E-state index contributed by atoms with van der Waals surface area (Å²) in [5.74, 6) is -8.37. The summed E-state index contributed by atoms with van der Waals surface area (Å²) in [5, 5.41) is 42.9. The minimum atomic E-state index is -1.72. The van der Waals surface area contributed by atoms with Gasteiger partial charge in [0.1, 0.15) is 36.3 Å². The fourth-order valence-corrected chi connectivity index (χ4v) is 5.42. The van der Waals surface area contributed by atoms with Gasteiger partial charge in [0.2, 0.25) is 41.4 Å². The molecule has 0 aliphatic heterocycles. The average molecular weight is 803 g/mol. The number of aliphatic carboxylic acids is 1. The van der Waals surface area contributed by atoms with Crippen LogP contribution in [0.5, 0.6) is 0 Å². The third kappa shape index (κ3) is 16.0. The third-order valence-corrected chi connectivity index (χ3v) is 8.49. The van der Waals surface area contributed by atoms with Gasteiger partial charge in [-0.25, -0.2) is 9.78 Å². The molecular weight excluding hydrogens is 748 g/mol. The van der Waals surface area contributed by atoms with Crippen LogP contribution < -0.4 is 43.4 Å². The van der Waals surface area contributed by atoms with E-state index in [-0.39, 0.29) is 25.2 Å². The Morgan fingerprint density at radius 3 is 1.70 bits per heavy atom. The number of aliphatic hydroxyl groups is 2. The summed E-state index contributed by atoms with van der Waals surface area (Å²) in [6, 6.07) is -1.23. The van der Waals surface area contributed by atoms with Crippen molar-refractivity contribution in [1.82, 2.24) is 41.9 Å². The predicted molar refractivity (Wildman–Crippen MR) is 202 cm³/mol. The molecule has 1 heterocycles. The van der Waals surface area contributed by atoms with Crippen LogP contribution in [-0.4, -0.2) is 128 Å². The molecular formula is C36H54N10O11. The SMILES string of the molecule is CC(C)C[C@H](NC(=O)[C@H](Cc1ccccc1)NC(=O)[C@@H](N)CC(N)=O)C(=O)N[C@H](C(=O)N[C@@H](Cc1cnc[nH]1)C(=O)N[C@@H](CO)C(=O)N[C@@H](CO)C(=O)O)C(C)C. The van der Waals surface area contributed by atoms with Gasteiger partial charge in [0.15, 0.2) is 0 Å². The minimum absolute atomic E-state index is 0.00505. The van der Waals surface area contributed by atoms with Crippen LogP contribution in [-0.2, 0) is 51.2 Å². The van der Waals surface area contributed by atoms with E-state index < -0.39 is 115 Å². The fraction of sp³-hybridized carbons (Fsp3) is 0.528. The minimum Gasteiger partial charge on any atom is -0.480 e. The summed E-state index contributed by atoms with van der Waals surface area (Å²) in [6.45, 7) is 4.91. The van der Waals surface area contributed by atoms with E-state index in [9.17, 15) is 48.6 Å². The largest absolute Gasteiger partial charge is 0.480 e. The number of carbonyl (C=O) groups excluding carboxylic acids is 7. The first-order chi connectivity index (χ1) is 26.9. The molecule has 7 amide bonds. The van der Waals surface area contributed by atoms with Gasteiger partial charge in [-0.15, -0.1) is 0 Å². The summed E-state index contributed by atoms with van der Waals surface area (Å²) in [7, 11) is 0. The second kappa shape index (κ2) is 23.2. The van der Waals surface area contributed by atoms with Crippen molar-refractivity contribution in [1.29, 1.82) is 0 Å². The number of carboxylic acid groups (broad SMARTS) is 1. The van der Waals surface area contributed by atoms with Gasteiger partial charge >= 0.3 is 5.97 Å². The molecule has 0 saturated carbocycles. The molecule has 2 rings (SSSR count). The number of aromatic amines is 1. The number of imidazole rings is 1. The van der Waals surface area contributed by atoms with E-state index in [0.29, 0.717) is 11.3 Å². The molecule has 0 aliphatic rings. The first kappa shape index (κ1) is 47.2. The zero-order valence-electron chi connectivity index (χ0n) is 32.2. The smallest absolute Gasteiger partial charge is 0.328 e. The van der Waals surface area contributed by atoms with Crippen molar-refractivity contribution >= 4 is 47.3 Å². The van der Waals surface area contributed by atoms with E-state index in [0.717, 1.165) is 0 Å². The molecule has 7 atom stereocenters. The average Bonchev–Trinajstić information content (AvgIpc) is 3.66. The van der Waals surface area contributed by atoms with Crippen molar-refractivity contribution in [2.45, 2.75) is 95.7 Å². The Kier molecular flexibility index (Phi) is 19.2. The Bertz CT molecular complexity index is 1670. The number of carbonyl (C=O) groups is 8. The second-order valence-corrected chi connectivity index (χ2v) is 14.1. The van der Waals surface area contributed by atoms with Crippen molar-refractivity contribution in [3.8, 4) is 0 Å². The lowest BCUT2D eigenvalue weighted by Gasteiger charge is -2.29. The number of nitrogens with one attached hydrogen (secondary N) is 7. The Hall–Kier alpha value is -5.93. The second-order valence-electron chi connectivity index (χ2n) is 14.1. The van der Waals surface area contributed by atoms with E-state index in [1.165, 1.54) is 12.5 Å². The molecule has 0 spiro atoms. The number of benzene rings is 1. The predicted octanol–water partition coefficient (Wildman–Crippen LogP) is -3.92. The summed E-state index contributed by atoms with van der Waals surface area (Å²) in [6.07, 6.45) is 2.13. The molecule has 314 valence electrons. The van der Waals surface area contributed by atoms with Crippen LogP contribution in [0.4, 0.5) is 0 Å². The van der Waals surface area contributed by atoms with Gasteiger partial charge in [-0.05, 0) is 23.8 Å². The number of nitrogens with two attached hydrogens (primary N) is 2. The van der Waals surface area contributed by atoms with Crippen LogP contribution in [0, 0.1) is 11.8 Å². The highest BCUT2D eigenvalue weighted by atomic mass is 16.4. The molecule has 0 saturated heterocycles. The molecule has 1 aromatic carbocycles. The maximum absolute atomic E-state index is 13.9. The maximum Gasteiger partial charge on any atom is 0.328 e. The molecule has 0 unspecified atom stereocenters. The standard InChI is InChI=1S/C36H54N10O11/c1-18(2)10-23(42-31(51)24(11-20-8-6-5-7-9-20)41-30(50)22(37)13-28(38)49)33(53)46-29(19(3)4)35(55)43-25(12-21-14-39-17-40-21)32(52)44-26(15-47)34(54)45-27(16-48)36(56)57/h5-9,14,17-19,22-27,29,47-48H,10-13,15-16,37H2,1-4H3,(H2,38,49)(H,39,40)(H,41,50)(H,42,51)(H,43,55)(H,44,52)(H,45,54)(H,46,53)(H,56,57)/t22-,23-,24-,25-,26-,27-,29-/m0/s1. The lowest BCUT2D eigenvalue weighted by Crippen LogP contribution is -2.61. The van der Waals surface area contributed by atoms with E-state index in [1.54, 1.807) is 58.0 Å². The van der Waals surface area contributed by atoms with E-state index in [4.69, 9.17) is 16.6 Å². The zero-order chi connectivity index (χ0) is 42.8. The Morgan fingerprint density at radius 2 is 1.19 bits per heavy atom. The molecule has 0 radical (unpaired) electrons. The molecule has 21 nitrogen and oxygen atoms in total. The molecule has 0 fully saturated rings. The van der Waals surface area contributed by atoms with Gasteiger partial charge in [-0.2, -0.15) is 0 Å². The highest BCUT2D eigenvalue weighted by Crippen LogP contribution is 2.11. The van der Waals surface area contributed by atoms with Gasteiger partial charge in [-0.3, -0.25) is 33.6 Å². The number of aliphatic hydroxyl groups excluding tert-OH is 2. The number of H-pyrrole nitrogens is 1. The van der Waals surface area contributed by atoms with Crippen molar-refractivity contribution in [3.63, 3.8) is 0 Å². The number of aromatic nitrogens is 2. The van der Waals surface area contributed by atoms with Crippen molar-refractivity contribution in [2.24, 2.45) is 23.3 Å². The highest BCUT2D eigenvalue weighted by molar-refractivity contribution is 5.97. The molecule has 0 bridgehead atoms.